The number of carbonyl (C=O) groups excluding carboxylic acids is 1. The quantitative estimate of drug-likeness (QED) is 0.726. The van der Waals surface area contributed by atoms with Gasteiger partial charge in [0.05, 0.1) is 18.5 Å². The van der Waals surface area contributed by atoms with Crippen molar-refractivity contribution < 1.29 is 13.9 Å². The molecule has 0 unspecified atom stereocenters. The molecule has 2 heterocycles. The number of hydrogen-bond acceptors (Lipinski definition) is 6. The molecule has 0 saturated carbocycles. The Morgan fingerprint density at radius 2 is 2.07 bits per heavy atom. The van der Waals surface area contributed by atoms with Gasteiger partial charge in [-0.1, -0.05) is 0 Å². The number of aryl methyl sites for hydroxylation is 2. The van der Waals surface area contributed by atoms with Gasteiger partial charge in [-0.15, -0.1) is 11.3 Å². The van der Waals surface area contributed by atoms with Crippen LogP contribution in [0.5, 0.6) is 5.75 Å². The van der Waals surface area contributed by atoms with Crippen molar-refractivity contribution in [3.8, 4) is 17.0 Å². The van der Waals surface area contributed by atoms with E-state index in [2.05, 4.69) is 15.4 Å². The lowest BCUT2D eigenvalue weighted by molar-refractivity contribution is -0.117. The Kier molecular flexibility index (Phi) is 5.31. The van der Waals surface area contributed by atoms with Gasteiger partial charge < -0.3 is 10.1 Å². The smallest absolute Gasteiger partial charge is 0.267 e. The van der Waals surface area contributed by atoms with Crippen LogP contribution in [0, 0.1) is 19.7 Å². The number of benzene rings is 1. The first-order valence-electron chi connectivity index (χ1n) is 8.03. The van der Waals surface area contributed by atoms with Crippen molar-refractivity contribution >= 4 is 22.4 Å². The highest BCUT2D eigenvalue weighted by Gasteiger charge is 2.13. The van der Waals surface area contributed by atoms with Crippen molar-refractivity contribution in [2.24, 2.45) is 0 Å². The number of rotatable bonds is 5. The normalized spacial score (nSPS) is 10.7. The molecule has 0 aliphatic rings. The van der Waals surface area contributed by atoms with Crippen LogP contribution in [-0.2, 0) is 11.3 Å². The van der Waals surface area contributed by atoms with Crippen LogP contribution in [-0.4, -0.2) is 27.8 Å². The van der Waals surface area contributed by atoms with E-state index in [1.165, 1.54) is 48.8 Å². The minimum absolute atomic E-state index is 0.270. The number of aromatic nitrogens is 3. The molecule has 27 heavy (non-hydrogen) atoms. The summed E-state index contributed by atoms with van der Waals surface area (Å²) in [6.45, 7) is 3.50. The van der Waals surface area contributed by atoms with E-state index < -0.39 is 17.3 Å². The fourth-order valence-electron chi connectivity index (χ4n) is 2.40. The molecule has 0 aliphatic carbocycles. The van der Waals surface area contributed by atoms with Gasteiger partial charge in [0.2, 0.25) is 5.91 Å². The molecule has 7 nitrogen and oxygen atoms in total. The molecule has 2 aromatic heterocycles. The molecule has 9 heteroatoms. The molecule has 0 atom stereocenters. The monoisotopic (exact) mass is 388 g/mol. The summed E-state index contributed by atoms with van der Waals surface area (Å²) < 4.78 is 19.6. The van der Waals surface area contributed by atoms with Crippen LogP contribution in [0.2, 0.25) is 0 Å². The Labute approximate surface area is 158 Å². The topological polar surface area (TPSA) is 86.1 Å². The van der Waals surface area contributed by atoms with Gasteiger partial charge in [-0.25, -0.2) is 14.1 Å². The first-order valence-corrected chi connectivity index (χ1v) is 8.85. The summed E-state index contributed by atoms with van der Waals surface area (Å²) >= 11 is 1.36. The first kappa shape index (κ1) is 18.7. The summed E-state index contributed by atoms with van der Waals surface area (Å²) in [4.78, 5) is 29.6. The van der Waals surface area contributed by atoms with Crippen molar-refractivity contribution in [1.82, 2.24) is 14.8 Å². The number of ether oxygens (including phenoxy) is 1. The number of carbonyl (C=O) groups is 1. The van der Waals surface area contributed by atoms with Crippen molar-refractivity contribution in [1.29, 1.82) is 0 Å². The lowest BCUT2D eigenvalue weighted by Gasteiger charge is -2.10. The van der Waals surface area contributed by atoms with Crippen LogP contribution in [0.4, 0.5) is 9.52 Å². The number of nitrogens with one attached hydrogen (secondary N) is 1. The van der Waals surface area contributed by atoms with E-state index in [1.807, 2.05) is 13.8 Å². The van der Waals surface area contributed by atoms with E-state index in [0.717, 1.165) is 15.3 Å². The molecule has 1 N–H and O–H groups in total. The summed E-state index contributed by atoms with van der Waals surface area (Å²) in [6, 6.07) is 6.81. The van der Waals surface area contributed by atoms with E-state index in [0.29, 0.717) is 16.4 Å². The Balaban J connectivity index is 1.85. The van der Waals surface area contributed by atoms with Crippen LogP contribution in [0.1, 0.15) is 10.6 Å². The molecule has 0 fully saturated rings. The molecule has 0 bridgehead atoms. The van der Waals surface area contributed by atoms with Gasteiger partial charge in [0, 0.05) is 22.6 Å². The van der Waals surface area contributed by atoms with Gasteiger partial charge >= 0.3 is 0 Å². The molecular formula is C18H17FN4O3S. The zero-order chi connectivity index (χ0) is 19.6. The van der Waals surface area contributed by atoms with Crippen molar-refractivity contribution in [2.75, 3.05) is 12.4 Å². The molecular weight excluding hydrogens is 371 g/mol. The Hall–Kier alpha value is -3.07. The van der Waals surface area contributed by atoms with Crippen LogP contribution in [0.25, 0.3) is 11.3 Å². The number of nitrogens with zero attached hydrogens (tertiary/aromatic N) is 3. The second-order valence-corrected chi connectivity index (χ2v) is 6.97. The second kappa shape index (κ2) is 7.67. The number of methoxy groups -OCH3 is 1. The van der Waals surface area contributed by atoms with Gasteiger partial charge in [-0.3, -0.25) is 9.59 Å². The maximum Gasteiger partial charge on any atom is 0.267 e. The Morgan fingerprint density at radius 3 is 2.74 bits per heavy atom. The van der Waals surface area contributed by atoms with Gasteiger partial charge in [0.25, 0.3) is 5.56 Å². The maximum absolute atomic E-state index is 13.4. The summed E-state index contributed by atoms with van der Waals surface area (Å²) in [7, 11) is 1.42. The first-order chi connectivity index (χ1) is 12.9. The third-order valence-corrected chi connectivity index (χ3v) is 4.86. The zero-order valence-corrected chi connectivity index (χ0v) is 15.8. The molecule has 3 rings (SSSR count). The van der Waals surface area contributed by atoms with E-state index in [9.17, 15) is 14.0 Å². The van der Waals surface area contributed by atoms with Gasteiger partial charge in [-0.05, 0) is 32.0 Å². The van der Waals surface area contributed by atoms with E-state index in [4.69, 9.17) is 4.74 Å². The van der Waals surface area contributed by atoms with E-state index >= 15 is 0 Å². The highest BCUT2D eigenvalue weighted by Crippen LogP contribution is 2.28. The third kappa shape index (κ3) is 4.20. The summed E-state index contributed by atoms with van der Waals surface area (Å²) in [5, 5.41) is 7.34. The van der Waals surface area contributed by atoms with E-state index in [1.54, 1.807) is 0 Å². The predicted molar refractivity (Wildman–Crippen MR) is 101 cm³/mol. The fourth-order valence-corrected chi connectivity index (χ4v) is 3.23. The van der Waals surface area contributed by atoms with E-state index in [-0.39, 0.29) is 12.3 Å². The number of anilines is 1. The molecule has 0 saturated heterocycles. The van der Waals surface area contributed by atoms with Gasteiger partial charge in [-0.2, -0.15) is 5.10 Å². The summed E-state index contributed by atoms with van der Waals surface area (Å²) in [5.41, 5.74) is 1.32. The fraction of sp³-hybridized carbons (Fsp3) is 0.222. The zero-order valence-electron chi connectivity index (χ0n) is 14.9. The average molecular weight is 388 g/mol. The van der Waals surface area contributed by atoms with Crippen molar-refractivity contribution in [3.63, 3.8) is 0 Å². The minimum Gasteiger partial charge on any atom is -0.496 e. The number of thiazole rings is 1. The summed E-state index contributed by atoms with van der Waals surface area (Å²) in [6.07, 6.45) is 0. The number of amides is 1. The van der Waals surface area contributed by atoms with Gasteiger partial charge in [0.1, 0.15) is 18.1 Å². The van der Waals surface area contributed by atoms with Crippen molar-refractivity contribution in [2.45, 2.75) is 20.4 Å². The highest BCUT2D eigenvalue weighted by molar-refractivity contribution is 7.15. The molecule has 3 aromatic rings. The van der Waals surface area contributed by atoms with Crippen LogP contribution in [0.15, 0.2) is 35.1 Å². The Morgan fingerprint density at radius 1 is 1.30 bits per heavy atom. The number of hydrogen-bond donors (Lipinski definition) is 1. The largest absolute Gasteiger partial charge is 0.496 e. The predicted octanol–water partition coefficient (Wildman–Crippen LogP) is 2.77. The molecule has 0 aliphatic heterocycles. The lowest BCUT2D eigenvalue weighted by atomic mass is 10.1. The minimum atomic E-state index is -0.447. The van der Waals surface area contributed by atoms with Gasteiger partial charge in [0.15, 0.2) is 5.13 Å². The Bertz CT molecular complexity index is 1040. The second-order valence-electron chi connectivity index (χ2n) is 5.77. The summed E-state index contributed by atoms with van der Waals surface area (Å²) in [5.74, 6) is -0.579. The van der Waals surface area contributed by atoms with Crippen LogP contribution in [0.3, 0.4) is 0 Å². The SMILES string of the molecule is COc1cc(F)ccc1-c1ccc(=O)n(CC(=O)Nc2nc(C)c(C)s2)n1. The molecule has 0 radical (unpaired) electrons. The standard InChI is InChI=1S/C18H17FN4O3S/c1-10-11(2)27-18(20-10)21-16(24)9-23-17(25)7-6-14(22-23)13-5-4-12(19)8-15(13)26-3/h4-8H,9H2,1-3H3,(H,20,21,24). The van der Waals surface area contributed by atoms with Crippen molar-refractivity contribution in [3.05, 3.63) is 57.1 Å². The third-order valence-electron chi connectivity index (χ3n) is 3.87. The highest BCUT2D eigenvalue weighted by atomic mass is 32.1. The molecule has 1 aromatic carbocycles. The molecule has 0 spiro atoms. The lowest BCUT2D eigenvalue weighted by Crippen LogP contribution is -2.29. The maximum atomic E-state index is 13.4. The number of halogens is 1. The average Bonchev–Trinajstić information content (AvgIpc) is 2.94. The molecule has 140 valence electrons. The molecule has 1 amide bonds. The van der Waals surface area contributed by atoms with Crippen LogP contribution < -0.4 is 15.6 Å². The van der Waals surface area contributed by atoms with Crippen LogP contribution >= 0.6 is 11.3 Å².